The Morgan fingerprint density at radius 3 is 2.44 bits per heavy atom. The summed E-state index contributed by atoms with van der Waals surface area (Å²) in [6.07, 6.45) is 1.75. The molecule has 0 bridgehead atoms. The summed E-state index contributed by atoms with van der Waals surface area (Å²) >= 11 is 9.75. The van der Waals surface area contributed by atoms with Gasteiger partial charge in [0, 0.05) is 15.4 Å². The summed E-state index contributed by atoms with van der Waals surface area (Å²) in [5.41, 5.74) is 5.63. The summed E-state index contributed by atoms with van der Waals surface area (Å²) in [5.74, 6) is 1.18. The zero-order chi connectivity index (χ0) is 18.6. The van der Waals surface area contributed by atoms with Gasteiger partial charge in [0.25, 0.3) is 0 Å². The molecule has 0 aliphatic heterocycles. The Labute approximate surface area is 170 Å². The van der Waals surface area contributed by atoms with Gasteiger partial charge >= 0.3 is 0 Å². The van der Waals surface area contributed by atoms with Crippen LogP contribution in [0.5, 0.6) is 0 Å². The van der Waals surface area contributed by atoms with Crippen LogP contribution < -0.4 is 5.43 Å². The Morgan fingerprint density at radius 2 is 1.63 bits per heavy atom. The first-order chi connectivity index (χ1) is 13.2. The largest absolute Gasteiger partial charge is 0.261 e. The maximum absolute atomic E-state index is 6.33. The molecule has 1 aromatic heterocycles. The van der Waals surface area contributed by atoms with Gasteiger partial charge in [0.15, 0.2) is 11.6 Å². The van der Waals surface area contributed by atoms with Crippen molar-refractivity contribution in [1.82, 2.24) is 9.97 Å². The standard InChI is InChI=1S/C21H14BrClN4/c22-15-11-9-14(10-12-15)13-24-27-21-17-6-2-4-8-19(17)25-20(26-21)16-5-1-3-7-18(16)23/h1-13H,(H,25,26,27). The molecule has 0 amide bonds. The highest BCUT2D eigenvalue weighted by Gasteiger charge is 2.11. The minimum absolute atomic E-state index is 0.556. The molecule has 0 saturated heterocycles. The van der Waals surface area contributed by atoms with E-state index in [0.29, 0.717) is 16.7 Å². The number of nitrogens with one attached hydrogen (secondary N) is 1. The minimum atomic E-state index is 0.556. The SMILES string of the molecule is Clc1ccccc1-c1nc(NN=Cc2ccc(Br)cc2)c2ccccc2n1. The molecule has 0 spiro atoms. The van der Waals surface area contributed by atoms with Gasteiger partial charge in [0.1, 0.15) is 0 Å². The Balaban J connectivity index is 1.72. The molecule has 0 fully saturated rings. The van der Waals surface area contributed by atoms with Gasteiger partial charge in [-0.1, -0.05) is 63.9 Å². The molecule has 0 saturated carbocycles. The van der Waals surface area contributed by atoms with Crippen LogP contribution in [0.4, 0.5) is 5.82 Å². The molecule has 27 heavy (non-hydrogen) atoms. The van der Waals surface area contributed by atoms with Crippen molar-refractivity contribution in [2.45, 2.75) is 0 Å². The number of rotatable bonds is 4. The lowest BCUT2D eigenvalue weighted by atomic mass is 10.2. The van der Waals surface area contributed by atoms with Crippen LogP contribution in [0, 0.1) is 0 Å². The highest BCUT2D eigenvalue weighted by Crippen LogP contribution is 2.29. The lowest BCUT2D eigenvalue weighted by Crippen LogP contribution is -1.99. The summed E-state index contributed by atoms with van der Waals surface area (Å²) in [5, 5.41) is 5.83. The van der Waals surface area contributed by atoms with Crippen molar-refractivity contribution in [3.8, 4) is 11.4 Å². The van der Waals surface area contributed by atoms with Crippen molar-refractivity contribution in [1.29, 1.82) is 0 Å². The first kappa shape index (κ1) is 17.6. The third kappa shape index (κ3) is 3.99. The van der Waals surface area contributed by atoms with Gasteiger partial charge in [-0.3, -0.25) is 5.43 Å². The van der Waals surface area contributed by atoms with Crippen molar-refractivity contribution >= 4 is 50.5 Å². The smallest absolute Gasteiger partial charge is 0.163 e. The first-order valence-electron chi connectivity index (χ1n) is 8.27. The van der Waals surface area contributed by atoms with Crippen LogP contribution in [0.3, 0.4) is 0 Å². The lowest BCUT2D eigenvalue weighted by Gasteiger charge is -2.09. The van der Waals surface area contributed by atoms with Crippen molar-refractivity contribution < 1.29 is 0 Å². The molecule has 4 nitrogen and oxygen atoms in total. The molecule has 0 radical (unpaired) electrons. The molecule has 6 heteroatoms. The second-order valence-electron chi connectivity index (χ2n) is 5.81. The summed E-state index contributed by atoms with van der Waals surface area (Å²) in [6, 6.07) is 23.2. The van der Waals surface area contributed by atoms with E-state index in [1.54, 1.807) is 6.21 Å². The van der Waals surface area contributed by atoms with Crippen LogP contribution >= 0.6 is 27.5 Å². The van der Waals surface area contributed by atoms with Gasteiger partial charge in [0.2, 0.25) is 0 Å². The topological polar surface area (TPSA) is 50.2 Å². The monoisotopic (exact) mass is 436 g/mol. The number of benzene rings is 3. The molecule has 0 aliphatic carbocycles. The number of fused-ring (bicyclic) bond motifs is 1. The van der Waals surface area contributed by atoms with E-state index in [2.05, 4.69) is 36.4 Å². The Hall–Kier alpha value is -2.76. The van der Waals surface area contributed by atoms with Gasteiger partial charge in [0.05, 0.1) is 16.8 Å². The Morgan fingerprint density at radius 1 is 0.889 bits per heavy atom. The predicted octanol–water partition coefficient (Wildman–Crippen LogP) is 6.16. The number of hydrogen-bond acceptors (Lipinski definition) is 4. The first-order valence-corrected chi connectivity index (χ1v) is 9.44. The molecule has 0 unspecified atom stereocenters. The molecule has 3 aromatic carbocycles. The average Bonchev–Trinajstić information content (AvgIpc) is 2.69. The number of para-hydroxylation sites is 1. The fraction of sp³-hybridized carbons (Fsp3) is 0. The lowest BCUT2D eigenvalue weighted by molar-refractivity contribution is 1.19. The number of aromatic nitrogens is 2. The Bertz CT molecular complexity index is 1130. The van der Waals surface area contributed by atoms with E-state index in [1.807, 2.05) is 72.8 Å². The molecule has 132 valence electrons. The number of halogens is 2. The van der Waals surface area contributed by atoms with Crippen molar-refractivity contribution in [2.24, 2.45) is 5.10 Å². The van der Waals surface area contributed by atoms with Crippen LogP contribution in [-0.4, -0.2) is 16.2 Å². The van der Waals surface area contributed by atoms with Gasteiger partial charge in [-0.2, -0.15) is 5.10 Å². The molecule has 0 aliphatic rings. The van der Waals surface area contributed by atoms with Gasteiger partial charge < -0.3 is 0 Å². The van der Waals surface area contributed by atoms with E-state index >= 15 is 0 Å². The van der Waals surface area contributed by atoms with Crippen molar-refractivity contribution in [3.63, 3.8) is 0 Å². The van der Waals surface area contributed by atoms with Crippen LogP contribution in [-0.2, 0) is 0 Å². The van der Waals surface area contributed by atoms with Crippen molar-refractivity contribution in [3.05, 3.63) is 87.9 Å². The molecule has 4 rings (SSSR count). The molecule has 0 atom stereocenters. The van der Waals surface area contributed by atoms with Gasteiger partial charge in [-0.15, -0.1) is 0 Å². The normalized spacial score (nSPS) is 11.2. The maximum atomic E-state index is 6.33. The van der Waals surface area contributed by atoms with E-state index in [9.17, 15) is 0 Å². The molecule has 4 aromatic rings. The van der Waals surface area contributed by atoms with E-state index in [-0.39, 0.29) is 0 Å². The van der Waals surface area contributed by atoms with E-state index in [1.165, 1.54) is 0 Å². The Kier molecular flexibility index (Phi) is 5.14. The third-order valence-electron chi connectivity index (χ3n) is 3.97. The van der Waals surface area contributed by atoms with Crippen LogP contribution in [0.1, 0.15) is 5.56 Å². The van der Waals surface area contributed by atoms with Crippen LogP contribution in [0.2, 0.25) is 5.02 Å². The second kappa shape index (κ2) is 7.86. The van der Waals surface area contributed by atoms with Crippen LogP contribution in [0.25, 0.3) is 22.3 Å². The van der Waals surface area contributed by atoms with Crippen LogP contribution in [0.15, 0.2) is 82.4 Å². The molecular formula is C21H14BrClN4. The quantitative estimate of drug-likeness (QED) is 0.307. The fourth-order valence-electron chi connectivity index (χ4n) is 2.64. The maximum Gasteiger partial charge on any atom is 0.163 e. The minimum Gasteiger partial charge on any atom is -0.261 e. The third-order valence-corrected chi connectivity index (χ3v) is 4.83. The zero-order valence-corrected chi connectivity index (χ0v) is 16.4. The number of nitrogens with zero attached hydrogens (tertiary/aromatic N) is 3. The summed E-state index contributed by atoms with van der Waals surface area (Å²) in [7, 11) is 0. The zero-order valence-electron chi connectivity index (χ0n) is 14.1. The molecular weight excluding hydrogens is 424 g/mol. The van der Waals surface area contributed by atoms with Crippen molar-refractivity contribution in [2.75, 3.05) is 5.43 Å². The van der Waals surface area contributed by atoms with E-state index in [4.69, 9.17) is 11.6 Å². The molecule has 1 heterocycles. The summed E-state index contributed by atoms with van der Waals surface area (Å²) in [4.78, 5) is 9.30. The number of anilines is 1. The van der Waals surface area contributed by atoms with E-state index < -0.39 is 0 Å². The van der Waals surface area contributed by atoms with Gasteiger partial charge in [-0.05, 0) is 42.0 Å². The highest BCUT2D eigenvalue weighted by atomic mass is 79.9. The predicted molar refractivity (Wildman–Crippen MR) is 115 cm³/mol. The summed E-state index contributed by atoms with van der Waals surface area (Å²) < 4.78 is 1.03. The van der Waals surface area contributed by atoms with Gasteiger partial charge in [-0.25, -0.2) is 9.97 Å². The number of hydrogen-bond donors (Lipinski definition) is 1. The number of hydrazone groups is 1. The van der Waals surface area contributed by atoms with E-state index in [0.717, 1.165) is 26.5 Å². The highest BCUT2D eigenvalue weighted by molar-refractivity contribution is 9.10. The average molecular weight is 438 g/mol. The fourth-order valence-corrected chi connectivity index (χ4v) is 3.13. The second-order valence-corrected chi connectivity index (χ2v) is 7.14. The molecule has 1 N–H and O–H groups in total. The summed E-state index contributed by atoms with van der Waals surface area (Å²) in [6.45, 7) is 0.